The van der Waals surface area contributed by atoms with Crippen LogP contribution in [0, 0.1) is 0 Å². The van der Waals surface area contributed by atoms with Crippen molar-refractivity contribution in [1.29, 1.82) is 0 Å². The van der Waals surface area contributed by atoms with Crippen molar-refractivity contribution >= 4 is 22.8 Å². The number of carboxylic acid groups (broad SMARTS) is 1. The van der Waals surface area contributed by atoms with E-state index in [4.69, 9.17) is 14.6 Å². The molecule has 0 amide bonds. The molecule has 158 valence electrons. The zero-order valence-electron chi connectivity index (χ0n) is 15.8. The fourth-order valence-corrected chi connectivity index (χ4v) is 2.60. The predicted octanol–water partition coefficient (Wildman–Crippen LogP) is 4.08. The summed E-state index contributed by atoms with van der Waals surface area (Å²) in [5, 5.41) is 15.7. The zero-order chi connectivity index (χ0) is 21.7. The van der Waals surface area contributed by atoms with Crippen LogP contribution in [0.4, 0.5) is 13.2 Å². The molecule has 11 heteroatoms. The minimum absolute atomic E-state index is 0.732. The Morgan fingerprint density at radius 1 is 1.20 bits per heavy atom. The number of hydrogen-bond donors (Lipinski definition) is 2. The van der Waals surface area contributed by atoms with Crippen molar-refractivity contribution in [3.8, 4) is 17.1 Å². The lowest BCUT2D eigenvalue weighted by Gasteiger charge is -2.06. The fraction of sp³-hybridized carbons (Fsp3) is 0.263. The lowest BCUT2D eigenvalue weighted by molar-refractivity contribution is -0.192. The average Bonchev–Trinajstić information content (AvgIpc) is 3.35. The SMILES string of the molecule is CCCCOc1ccc(-c2nnc3cnc4[nH]ccc4n23)cc1.O=C(O)C(F)(F)F. The first-order valence-corrected chi connectivity index (χ1v) is 9.02. The van der Waals surface area contributed by atoms with Gasteiger partial charge in [-0.3, -0.25) is 4.40 Å². The van der Waals surface area contributed by atoms with Crippen LogP contribution in [0.15, 0.2) is 42.7 Å². The van der Waals surface area contributed by atoms with Crippen molar-refractivity contribution in [3.05, 3.63) is 42.7 Å². The third kappa shape index (κ3) is 4.67. The Hall–Kier alpha value is -3.63. The van der Waals surface area contributed by atoms with Crippen LogP contribution in [-0.2, 0) is 4.79 Å². The standard InChI is InChI=1S/C17H17N5O.C2HF3O2/c1-2-3-10-23-13-6-4-12(5-7-13)17-21-20-15-11-19-16-14(22(15)17)8-9-18-16;3-2(4,5)1(6)7/h4-9,11,18H,2-3,10H2,1H3;(H,6,7). The molecule has 0 aliphatic rings. The summed E-state index contributed by atoms with van der Waals surface area (Å²) in [4.78, 5) is 16.3. The van der Waals surface area contributed by atoms with E-state index < -0.39 is 12.1 Å². The number of aliphatic carboxylic acids is 1. The second kappa shape index (κ2) is 8.80. The molecule has 0 bridgehead atoms. The van der Waals surface area contributed by atoms with Gasteiger partial charge in [0.2, 0.25) is 0 Å². The predicted molar refractivity (Wildman–Crippen MR) is 102 cm³/mol. The fourth-order valence-electron chi connectivity index (χ4n) is 2.60. The number of fused-ring (bicyclic) bond motifs is 3. The molecule has 1 aromatic carbocycles. The average molecular weight is 421 g/mol. The van der Waals surface area contributed by atoms with Crippen LogP contribution < -0.4 is 4.74 Å². The van der Waals surface area contributed by atoms with Crippen molar-refractivity contribution in [1.82, 2.24) is 24.6 Å². The third-order valence-electron chi connectivity index (χ3n) is 4.06. The first kappa shape index (κ1) is 21.1. The van der Waals surface area contributed by atoms with Gasteiger partial charge in [-0.2, -0.15) is 13.2 Å². The highest BCUT2D eigenvalue weighted by Crippen LogP contribution is 2.24. The van der Waals surface area contributed by atoms with E-state index in [1.54, 1.807) is 6.20 Å². The van der Waals surface area contributed by atoms with Crippen LogP contribution in [0.2, 0.25) is 0 Å². The van der Waals surface area contributed by atoms with Crippen LogP contribution in [-0.4, -0.2) is 48.4 Å². The minimum atomic E-state index is -5.08. The van der Waals surface area contributed by atoms with Crippen LogP contribution >= 0.6 is 0 Å². The van der Waals surface area contributed by atoms with Gasteiger partial charge in [0.1, 0.15) is 5.75 Å². The number of benzene rings is 1. The van der Waals surface area contributed by atoms with Crippen molar-refractivity contribution in [3.63, 3.8) is 0 Å². The molecular weight excluding hydrogens is 403 g/mol. The lowest BCUT2D eigenvalue weighted by Crippen LogP contribution is -2.21. The van der Waals surface area contributed by atoms with Gasteiger partial charge in [0, 0.05) is 11.8 Å². The summed E-state index contributed by atoms with van der Waals surface area (Å²) in [6.45, 7) is 2.90. The van der Waals surface area contributed by atoms with Crippen LogP contribution in [0.25, 0.3) is 28.2 Å². The number of carbonyl (C=O) groups is 1. The molecule has 2 N–H and O–H groups in total. The summed E-state index contributed by atoms with van der Waals surface area (Å²) >= 11 is 0. The molecule has 0 fully saturated rings. The summed E-state index contributed by atoms with van der Waals surface area (Å²) < 4.78 is 39.4. The monoisotopic (exact) mass is 421 g/mol. The third-order valence-corrected chi connectivity index (χ3v) is 4.06. The number of nitrogens with one attached hydrogen (secondary N) is 1. The summed E-state index contributed by atoms with van der Waals surface area (Å²) in [7, 11) is 0. The maximum atomic E-state index is 10.6. The van der Waals surface area contributed by atoms with Gasteiger partial charge < -0.3 is 14.8 Å². The van der Waals surface area contributed by atoms with Gasteiger partial charge in [-0.1, -0.05) is 13.3 Å². The number of carboxylic acids is 1. The van der Waals surface area contributed by atoms with Crippen molar-refractivity contribution in [2.24, 2.45) is 0 Å². The van der Waals surface area contributed by atoms with Crippen molar-refractivity contribution in [2.75, 3.05) is 6.61 Å². The molecule has 3 aromatic heterocycles. The van der Waals surface area contributed by atoms with Crippen molar-refractivity contribution < 1.29 is 27.8 Å². The van der Waals surface area contributed by atoms with Crippen LogP contribution in [0.5, 0.6) is 5.75 Å². The topological polar surface area (TPSA) is 105 Å². The van der Waals surface area contributed by atoms with Crippen molar-refractivity contribution in [2.45, 2.75) is 25.9 Å². The Balaban J connectivity index is 0.000000318. The molecule has 30 heavy (non-hydrogen) atoms. The molecule has 0 atom stereocenters. The van der Waals surface area contributed by atoms with E-state index in [-0.39, 0.29) is 0 Å². The van der Waals surface area contributed by atoms with Gasteiger partial charge in [-0.25, -0.2) is 9.78 Å². The number of halogens is 3. The smallest absolute Gasteiger partial charge is 0.490 e. The number of nitrogens with zero attached hydrogens (tertiary/aromatic N) is 4. The summed E-state index contributed by atoms with van der Waals surface area (Å²) in [6, 6.07) is 9.95. The van der Waals surface area contributed by atoms with Crippen LogP contribution in [0.3, 0.4) is 0 Å². The Labute approximate surface area is 168 Å². The van der Waals surface area contributed by atoms with Gasteiger partial charge in [0.25, 0.3) is 0 Å². The molecule has 0 aliphatic heterocycles. The molecule has 4 rings (SSSR count). The number of alkyl halides is 3. The molecule has 0 saturated heterocycles. The van der Waals surface area contributed by atoms with Gasteiger partial charge >= 0.3 is 12.1 Å². The van der Waals surface area contributed by atoms with Gasteiger partial charge in [-0.15, -0.1) is 10.2 Å². The zero-order valence-corrected chi connectivity index (χ0v) is 15.8. The summed E-state index contributed by atoms with van der Waals surface area (Å²) in [6.07, 6.45) is 0.697. The highest BCUT2D eigenvalue weighted by atomic mass is 19.4. The number of hydrogen-bond acceptors (Lipinski definition) is 5. The Kier molecular flexibility index (Phi) is 6.19. The Bertz CT molecular complexity index is 1140. The highest BCUT2D eigenvalue weighted by Gasteiger charge is 2.38. The number of H-pyrrole nitrogens is 1. The quantitative estimate of drug-likeness (QED) is 0.471. The maximum Gasteiger partial charge on any atom is 0.490 e. The Morgan fingerprint density at radius 3 is 2.53 bits per heavy atom. The number of ether oxygens (including phenoxy) is 1. The number of aromatic nitrogens is 5. The summed E-state index contributed by atoms with van der Waals surface area (Å²) in [5.74, 6) is -1.08. The van der Waals surface area contributed by atoms with E-state index in [9.17, 15) is 13.2 Å². The molecule has 3 heterocycles. The molecule has 4 aromatic rings. The largest absolute Gasteiger partial charge is 0.494 e. The molecule has 0 aliphatic carbocycles. The van der Waals surface area contributed by atoms with Gasteiger partial charge in [0.15, 0.2) is 17.1 Å². The number of aromatic amines is 1. The van der Waals surface area contributed by atoms with E-state index >= 15 is 0 Å². The molecule has 0 spiro atoms. The minimum Gasteiger partial charge on any atom is -0.494 e. The first-order chi connectivity index (χ1) is 14.3. The highest BCUT2D eigenvalue weighted by molar-refractivity contribution is 5.77. The number of unbranched alkanes of at least 4 members (excludes halogenated alkanes) is 1. The van der Waals surface area contributed by atoms with E-state index in [0.29, 0.717) is 0 Å². The first-order valence-electron chi connectivity index (χ1n) is 9.02. The van der Waals surface area contributed by atoms with E-state index in [1.165, 1.54) is 0 Å². The van der Waals surface area contributed by atoms with E-state index in [0.717, 1.165) is 53.4 Å². The second-order valence-corrected chi connectivity index (χ2v) is 6.22. The molecule has 8 nitrogen and oxygen atoms in total. The summed E-state index contributed by atoms with van der Waals surface area (Å²) in [5.41, 5.74) is 3.51. The van der Waals surface area contributed by atoms with E-state index in [1.807, 2.05) is 40.9 Å². The van der Waals surface area contributed by atoms with Crippen LogP contribution in [0.1, 0.15) is 19.8 Å². The molecule has 0 radical (unpaired) electrons. The molecular formula is C19H18F3N5O3. The maximum absolute atomic E-state index is 10.6. The lowest BCUT2D eigenvalue weighted by atomic mass is 10.2. The molecule has 0 saturated carbocycles. The molecule has 0 unspecified atom stereocenters. The normalized spacial score (nSPS) is 11.3. The Morgan fingerprint density at radius 2 is 1.90 bits per heavy atom. The van der Waals surface area contributed by atoms with E-state index in [2.05, 4.69) is 27.1 Å². The number of rotatable bonds is 5. The second-order valence-electron chi connectivity index (χ2n) is 6.22. The van der Waals surface area contributed by atoms with Gasteiger partial charge in [0.05, 0.1) is 18.3 Å². The van der Waals surface area contributed by atoms with Gasteiger partial charge in [-0.05, 0) is 36.8 Å².